The van der Waals surface area contributed by atoms with Gasteiger partial charge >= 0.3 is 11.9 Å². The Hall–Kier alpha value is -1.82. The summed E-state index contributed by atoms with van der Waals surface area (Å²) in [6, 6.07) is 0. The molecule has 1 rings (SSSR count). The van der Waals surface area contributed by atoms with E-state index in [1.807, 2.05) is 0 Å². The average Bonchev–Trinajstić information content (AvgIpc) is 3.23. The first kappa shape index (κ1) is 55.2. The van der Waals surface area contributed by atoms with Crippen molar-refractivity contribution in [1.82, 2.24) is 0 Å². The summed E-state index contributed by atoms with van der Waals surface area (Å²) in [5.74, 6) is -0.807. The van der Waals surface area contributed by atoms with Crippen LogP contribution in [-0.4, -0.2) is 89.0 Å². The Bertz CT molecular complexity index is 1020. The molecule has 0 aliphatic carbocycles. The molecule has 1 heterocycles. The molecule has 1 fully saturated rings. The van der Waals surface area contributed by atoms with Crippen molar-refractivity contribution in [3.05, 3.63) is 24.3 Å². The van der Waals surface area contributed by atoms with E-state index in [1.54, 1.807) is 0 Å². The molecular formula is C49H90O10. The number of aliphatic hydroxyl groups excluding tert-OH is 4. The minimum atomic E-state index is -1.59. The highest BCUT2D eigenvalue weighted by molar-refractivity contribution is 5.70. The van der Waals surface area contributed by atoms with Crippen LogP contribution in [0, 0.1) is 0 Å². The second-order valence-corrected chi connectivity index (χ2v) is 16.9. The van der Waals surface area contributed by atoms with Gasteiger partial charge < -0.3 is 39.4 Å². The van der Waals surface area contributed by atoms with Gasteiger partial charge in [0.15, 0.2) is 12.4 Å². The van der Waals surface area contributed by atoms with Gasteiger partial charge in [-0.3, -0.25) is 9.59 Å². The van der Waals surface area contributed by atoms with Gasteiger partial charge in [0.1, 0.15) is 31.0 Å². The number of ether oxygens (including phenoxy) is 4. The molecule has 2 unspecified atom stereocenters. The molecule has 1 saturated heterocycles. The number of unbranched alkanes of at least 4 members (excludes halogenated alkanes) is 26. The van der Waals surface area contributed by atoms with E-state index in [0.717, 1.165) is 51.4 Å². The fourth-order valence-electron chi connectivity index (χ4n) is 7.41. The molecule has 1 aliphatic heterocycles. The van der Waals surface area contributed by atoms with E-state index < -0.39 is 49.4 Å². The van der Waals surface area contributed by atoms with Gasteiger partial charge in [-0.15, -0.1) is 0 Å². The first-order chi connectivity index (χ1) is 28.8. The topological polar surface area (TPSA) is 152 Å². The van der Waals surface area contributed by atoms with Crippen molar-refractivity contribution in [2.75, 3.05) is 19.8 Å². The third kappa shape index (κ3) is 31.7. The van der Waals surface area contributed by atoms with E-state index in [1.165, 1.54) is 135 Å². The highest BCUT2D eigenvalue weighted by Gasteiger charge is 2.44. The van der Waals surface area contributed by atoms with Crippen LogP contribution in [0.2, 0.25) is 0 Å². The zero-order valence-electron chi connectivity index (χ0n) is 37.8. The molecule has 0 radical (unpaired) electrons. The monoisotopic (exact) mass is 839 g/mol. The Morgan fingerprint density at radius 2 is 0.898 bits per heavy atom. The van der Waals surface area contributed by atoms with Gasteiger partial charge in [-0.1, -0.05) is 167 Å². The summed E-state index contributed by atoms with van der Waals surface area (Å²) in [6.07, 6.45) is 37.5. The van der Waals surface area contributed by atoms with Crippen molar-refractivity contribution in [2.24, 2.45) is 0 Å². The SMILES string of the molecule is CCCCCC/C=C/CCCCCCCCCC(=O)O[C@@H](COC(=O)CCCCCCCCCCC/C=C/CCCCCCCC)CO[C@H]1O[C@@H](CO)[C@@H](O)C(O)C1O. The standard InChI is InChI=1S/C49H90O10/c1-3-5-7-9-11-13-15-17-19-20-21-22-24-25-27-29-31-33-35-37-44(51)56-40-42(41-57-49-48(55)47(54)46(53)43(39-50)59-49)58-45(52)38-36-34-32-30-28-26-23-18-16-14-12-10-8-6-4-2/h14,16-17,19,42-43,46-50,53-55H,3-13,15,18,20-41H2,1-2H3/b16-14+,19-17+/t42-,43-,46+,47?,48?,49-/m0/s1. The fraction of sp³-hybridized carbons (Fsp3) is 0.878. The number of allylic oxidation sites excluding steroid dienone is 4. The Labute approximate surface area is 360 Å². The van der Waals surface area contributed by atoms with Crippen molar-refractivity contribution >= 4 is 11.9 Å². The minimum absolute atomic E-state index is 0.217. The van der Waals surface area contributed by atoms with Crippen LogP contribution in [0.3, 0.4) is 0 Å². The van der Waals surface area contributed by atoms with Crippen LogP contribution in [0.1, 0.15) is 219 Å². The molecule has 10 heteroatoms. The van der Waals surface area contributed by atoms with E-state index in [0.29, 0.717) is 6.42 Å². The van der Waals surface area contributed by atoms with E-state index in [-0.39, 0.29) is 32.0 Å². The van der Waals surface area contributed by atoms with Gasteiger partial charge in [0, 0.05) is 12.8 Å². The van der Waals surface area contributed by atoms with Gasteiger partial charge in [-0.25, -0.2) is 0 Å². The molecule has 0 aromatic heterocycles. The summed E-state index contributed by atoms with van der Waals surface area (Å²) in [5.41, 5.74) is 0. The van der Waals surface area contributed by atoms with Crippen LogP contribution < -0.4 is 0 Å². The van der Waals surface area contributed by atoms with Gasteiger partial charge in [-0.05, 0) is 64.2 Å². The van der Waals surface area contributed by atoms with E-state index in [2.05, 4.69) is 38.2 Å². The van der Waals surface area contributed by atoms with Crippen LogP contribution in [0.15, 0.2) is 24.3 Å². The highest BCUT2D eigenvalue weighted by atomic mass is 16.7. The van der Waals surface area contributed by atoms with Gasteiger partial charge in [0.2, 0.25) is 0 Å². The number of rotatable bonds is 41. The summed E-state index contributed by atoms with van der Waals surface area (Å²) in [6.45, 7) is 3.42. The van der Waals surface area contributed by atoms with Crippen LogP contribution in [0.25, 0.3) is 0 Å². The lowest BCUT2D eigenvalue weighted by molar-refractivity contribution is -0.305. The molecule has 0 bridgehead atoms. The molecular weight excluding hydrogens is 749 g/mol. The molecule has 0 saturated carbocycles. The summed E-state index contributed by atoms with van der Waals surface area (Å²) >= 11 is 0. The van der Waals surface area contributed by atoms with Crippen molar-refractivity contribution < 1.29 is 49.0 Å². The fourth-order valence-corrected chi connectivity index (χ4v) is 7.41. The number of hydrogen-bond acceptors (Lipinski definition) is 10. The molecule has 0 amide bonds. The summed E-state index contributed by atoms with van der Waals surface area (Å²) in [4.78, 5) is 25.4. The second-order valence-electron chi connectivity index (χ2n) is 16.9. The number of esters is 2. The molecule has 4 N–H and O–H groups in total. The first-order valence-electron chi connectivity index (χ1n) is 24.4. The molecule has 0 aromatic carbocycles. The van der Waals surface area contributed by atoms with E-state index in [9.17, 15) is 30.0 Å². The minimum Gasteiger partial charge on any atom is -0.462 e. The second kappa shape index (κ2) is 40.3. The summed E-state index contributed by atoms with van der Waals surface area (Å²) in [5, 5.41) is 40.1. The summed E-state index contributed by atoms with van der Waals surface area (Å²) in [7, 11) is 0. The van der Waals surface area contributed by atoms with Crippen molar-refractivity contribution in [3.63, 3.8) is 0 Å². The lowest BCUT2D eigenvalue weighted by atomic mass is 9.99. The number of aliphatic hydroxyl groups is 4. The van der Waals surface area contributed by atoms with Gasteiger partial charge in [0.05, 0.1) is 13.2 Å². The van der Waals surface area contributed by atoms with Crippen LogP contribution in [0.5, 0.6) is 0 Å². The zero-order valence-corrected chi connectivity index (χ0v) is 37.8. The Kier molecular flexibility index (Phi) is 37.7. The zero-order chi connectivity index (χ0) is 43.0. The molecule has 10 nitrogen and oxygen atoms in total. The predicted octanol–water partition coefficient (Wildman–Crippen LogP) is 10.9. The molecule has 6 atom stereocenters. The van der Waals surface area contributed by atoms with Crippen molar-refractivity contribution in [3.8, 4) is 0 Å². The Morgan fingerprint density at radius 1 is 0.508 bits per heavy atom. The molecule has 0 aromatic rings. The molecule has 1 aliphatic rings. The Balaban J connectivity index is 2.28. The largest absolute Gasteiger partial charge is 0.462 e. The average molecular weight is 839 g/mol. The highest BCUT2D eigenvalue weighted by Crippen LogP contribution is 2.23. The van der Waals surface area contributed by atoms with Crippen LogP contribution >= 0.6 is 0 Å². The summed E-state index contributed by atoms with van der Waals surface area (Å²) < 4.78 is 22.2. The van der Waals surface area contributed by atoms with Gasteiger partial charge in [0.25, 0.3) is 0 Å². The number of hydrogen-bond donors (Lipinski definition) is 4. The lowest BCUT2D eigenvalue weighted by Gasteiger charge is -2.39. The number of carbonyl (C=O) groups excluding carboxylic acids is 2. The van der Waals surface area contributed by atoms with Crippen LogP contribution in [0.4, 0.5) is 0 Å². The maximum atomic E-state index is 12.8. The van der Waals surface area contributed by atoms with Crippen LogP contribution in [-0.2, 0) is 28.5 Å². The van der Waals surface area contributed by atoms with E-state index in [4.69, 9.17) is 18.9 Å². The lowest BCUT2D eigenvalue weighted by Crippen LogP contribution is -2.59. The smallest absolute Gasteiger partial charge is 0.306 e. The molecule has 0 spiro atoms. The maximum Gasteiger partial charge on any atom is 0.306 e. The van der Waals surface area contributed by atoms with E-state index >= 15 is 0 Å². The molecule has 59 heavy (non-hydrogen) atoms. The normalized spacial score (nSPS) is 20.1. The van der Waals surface area contributed by atoms with Crippen molar-refractivity contribution in [1.29, 1.82) is 0 Å². The third-order valence-corrected chi connectivity index (χ3v) is 11.3. The first-order valence-corrected chi connectivity index (χ1v) is 24.4. The molecule has 346 valence electrons. The maximum absolute atomic E-state index is 12.8. The third-order valence-electron chi connectivity index (χ3n) is 11.3. The number of carbonyl (C=O) groups is 2. The van der Waals surface area contributed by atoms with Gasteiger partial charge in [-0.2, -0.15) is 0 Å². The Morgan fingerprint density at radius 3 is 1.34 bits per heavy atom. The predicted molar refractivity (Wildman–Crippen MR) is 238 cm³/mol. The van der Waals surface area contributed by atoms with Crippen molar-refractivity contribution in [2.45, 2.75) is 256 Å². The quantitative estimate of drug-likeness (QED) is 0.0266.